The largest absolute Gasteiger partial charge is 0.379 e. The highest BCUT2D eigenvalue weighted by Crippen LogP contribution is 2.17. The number of likely N-dealkylation sites (N-methyl/N-ethyl adjacent to an activating group) is 1. The van der Waals surface area contributed by atoms with Crippen molar-refractivity contribution in [2.75, 3.05) is 91.1 Å². The van der Waals surface area contributed by atoms with Crippen molar-refractivity contribution >= 4 is 41.5 Å². The van der Waals surface area contributed by atoms with Crippen LogP contribution in [-0.2, 0) is 9.53 Å². The predicted molar refractivity (Wildman–Crippen MR) is 136 cm³/mol. The molecule has 0 bridgehead atoms. The summed E-state index contributed by atoms with van der Waals surface area (Å²) in [4.78, 5) is 25.1. The second kappa shape index (κ2) is 13.8. The van der Waals surface area contributed by atoms with Crippen LogP contribution in [0.4, 0.5) is 10.1 Å². The minimum absolute atomic E-state index is 0. The number of ether oxygens (including phenoxy) is 1. The Morgan fingerprint density at radius 3 is 2.38 bits per heavy atom. The summed E-state index contributed by atoms with van der Waals surface area (Å²) in [6.45, 7) is 8.80. The van der Waals surface area contributed by atoms with Crippen LogP contribution in [0, 0.1) is 5.82 Å². The zero-order valence-electron chi connectivity index (χ0n) is 19.1. The highest BCUT2D eigenvalue weighted by atomic mass is 127. The fourth-order valence-corrected chi connectivity index (χ4v) is 3.71. The quantitative estimate of drug-likeness (QED) is 0.234. The molecule has 1 aromatic rings. The highest BCUT2D eigenvalue weighted by Gasteiger charge is 2.20. The Bertz CT molecular complexity index is 720. The molecule has 1 N–H and O–H groups in total. The van der Waals surface area contributed by atoms with E-state index in [1.165, 1.54) is 12.1 Å². The van der Waals surface area contributed by atoms with Crippen molar-refractivity contribution in [3.8, 4) is 0 Å². The van der Waals surface area contributed by atoms with E-state index in [1.54, 1.807) is 19.0 Å². The van der Waals surface area contributed by atoms with Gasteiger partial charge in [-0.15, -0.1) is 24.0 Å². The first-order chi connectivity index (χ1) is 15.0. The van der Waals surface area contributed by atoms with Crippen LogP contribution in [0.3, 0.4) is 0 Å². The molecule has 2 heterocycles. The van der Waals surface area contributed by atoms with Crippen molar-refractivity contribution < 1.29 is 13.9 Å². The first-order valence-corrected chi connectivity index (χ1v) is 11.1. The molecule has 180 valence electrons. The SMILES string of the molecule is CN(C)C(=O)CN=C(NCCCN1CCOCC1)N1CCN(c2ccc(F)cc2)CC1.I. The van der Waals surface area contributed by atoms with E-state index in [-0.39, 0.29) is 42.2 Å². The Kier molecular flexibility index (Phi) is 11.5. The molecule has 0 radical (unpaired) electrons. The molecule has 2 aliphatic heterocycles. The summed E-state index contributed by atoms with van der Waals surface area (Å²) >= 11 is 0. The van der Waals surface area contributed by atoms with E-state index in [4.69, 9.17) is 4.74 Å². The highest BCUT2D eigenvalue weighted by molar-refractivity contribution is 14.0. The maximum Gasteiger partial charge on any atom is 0.243 e. The molecule has 2 saturated heterocycles. The standard InChI is InChI=1S/C22H35FN6O2.HI/c1-26(2)21(30)18-25-22(24-8-3-9-27-14-16-31-17-15-27)29-12-10-28(11-13-29)20-6-4-19(23)5-7-20;/h4-7H,3,8-18H2,1-2H3,(H,24,25);1H. The zero-order chi connectivity index (χ0) is 22.1. The average Bonchev–Trinajstić information content (AvgIpc) is 2.79. The number of anilines is 1. The number of aliphatic imine (C=N–C) groups is 1. The number of guanidine groups is 1. The van der Waals surface area contributed by atoms with Gasteiger partial charge < -0.3 is 24.8 Å². The second-order valence-electron chi connectivity index (χ2n) is 8.11. The number of nitrogens with zero attached hydrogens (tertiary/aromatic N) is 5. The van der Waals surface area contributed by atoms with Crippen molar-refractivity contribution in [2.24, 2.45) is 4.99 Å². The smallest absolute Gasteiger partial charge is 0.243 e. The Morgan fingerprint density at radius 1 is 1.09 bits per heavy atom. The maximum atomic E-state index is 13.2. The summed E-state index contributed by atoms with van der Waals surface area (Å²) in [6.07, 6.45) is 1.01. The average molecular weight is 562 g/mol. The van der Waals surface area contributed by atoms with E-state index >= 15 is 0 Å². The van der Waals surface area contributed by atoms with Gasteiger partial charge >= 0.3 is 0 Å². The van der Waals surface area contributed by atoms with Gasteiger partial charge in [0.05, 0.1) is 13.2 Å². The van der Waals surface area contributed by atoms with Gasteiger partial charge in [0.1, 0.15) is 12.4 Å². The van der Waals surface area contributed by atoms with Gasteiger partial charge in [0, 0.05) is 65.6 Å². The Hall–Kier alpha value is -1.66. The molecule has 0 atom stereocenters. The van der Waals surface area contributed by atoms with Gasteiger partial charge in [-0.05, 0) is 37.2 Å². The van der Waals surface area contributed by atoms with Crippen LogP contribution in [-0.4, -0.2) is 113 Å². The third kappa shape index (κ3) is 8.36. The van der Waals surface area contributed by atoms with E-state index in [0.717, 1.165) is 83.6 Å². The molecular weight excluding hydrogens is 526 g/mol. The summed E-state index contributed by atoms with van der Waals surface area (Å²) in [6, 6.07) is 6.63. The number of morpholine rings is 1. The van der Waals surface area contributed by atoms with Crippen LogP contribution in [0.2, 0.25) is 0 Å². The lowest BCUT2D eigenvalue weighted by Gasteiger charge is -2.38. The third-order valence-corrected chi connectivity index (χ3v) is 5.67. The van der Waals surface area contributed by atoms with Gasteiger partial charge in [0.25, 0.3) is 0 Å². The monoisotopic (exact) mass is 562 g/mol. The molecule has 0 aliphatic carbocycles. The second-order valence-corrected chi connectivity index (χ2v) is 8.11. The maximum absolute atomic E-state index is 13.2. The van der Waals surface area contributed by atoms with E-state index in [0.29, 0.717) is 0 Å². The van der Waals surface area contributed by atoms with Crippen molar-refractivity contribution in [1.82, 2.24) is 20.0 Å². The van der Waals surface area contributed by atoms with Crippen LogP contribution in [0.1, 0.15) is 6.42 Å². The van der Waals surface area contributed by atoms with E-state index in [1.807, 2.05) is 12.1 Å². The molecule has 1 amide bonds. The summed E-state index contributed by atoms with van der Waals surface area (Å²) in [7, 11) is 3.49. The summed E-state index contributed by atoms with van der Waals surface area (Å²) in [5.74, 6) is 0.553. The fraction of sp³-hybridized carbons (Fsp3) is 0.636. The number of amides is 1. The van der Waals surface area contributed by atoms with Crippen molar-refractivity contribution in [1.29, 1.82) is 0 Å². The first kappa shape index (κ1) is 26.6. The third-order valence-electron chi connectivity index (χ3n) is 5.67. The van der Waals surface area contributed by atoms with Gasteiger partial charge in [-0.1, -0.05) is 0 Å². The summed E-state index contributed by atoms with van der Waals surface area (Å²) in [5.41, 5.74) is 1.03. The molecule has 0 spiro atoms. The fourth-order valence-electron chi connectivity index (χ4n) is 3.71. The van der Waals surface area contributed by atoms with Crippen LogP contribution < -0.4 is 10.2 Å². The van der Waals surface area contributed by atoms with Crippen molar-refractivity contribution in [3.05, 3.63) is 30.1 Å². The Balaban J connectivity index is 0.00000363. The first-order valence-electron chi connectivity index (χ1n) is 11.1. The topological polar surface area (TPSA) is 63.7 Å². The normalized spacial score (nSPS) is 17.7. The molecule has 8 nitrogen and oxygen atoms in total. The lowest BCUT2D eigenvalue weighted by Crippen LogP contribution is -2.53. The van der Waals surface area contributed by atoms with Crippen LogP contribution in [0.5, 0.6) is 0 Å². The van der Waals surface area contributed by atoms with Gasteiger partial charge in [0.2, 0.25) is 5.91 Å². The molecule has 0 aromatic heterocycles. The summed E-state index contributed by atoms with van der Waals surface area (Å²) in [5, 5.41) is 3.46. The lowest BCUT2D eigenvalue weighted by atomic mass is 10.2. The zero-order valence-corrected chi connectivity index (χ0v) is 21.5. The molecule has 3 rings (SSSR count). The number of rotatable bonds is 7. The van der Waals surface area contributed by atoms with Gasteiger partial charge in [-0.3, -0.25) is 9.69 Å². The number of hydrogen-bond donors (Lipinski definition) is 1. The molecule has 0 saturated carbocycles. The van der Waals surface area contributed by atoms with Crippen molar-refractivity contribution in [2.45, 2.75) is 6.42 Å². The minimum Gasteiger partial charge on any atom is -0.379 e. The molecule has 10 heteroatoms. The van der Waals surface area contributed by atoms with Crippen LogP contribution >= 0.6 is 24.0 Å². The van der Waals surface area contributed by atoms with Crippen LogP contribution in [0.25, 0.3) is 0 Å². The van der Waals surface area contributed by atoms with Gasteiger partial charge in [0.15, 0.2) is 5.96 Å². The number of piperazine rings is 1. The Morgan fingerprint density at radius 2 is 1.75 bits per heavy atom. The van der Waals surface area contributed by atoms with E-state index in [9.17, 15) is 9.18 Å². The number of halogens is 2. The molecule has 2 fully saturated rings. The van der Waals surface area contributed by atoms with Gasteiger partial charge in [-0.2, -0.15) is 0 Å². The van der Waals surface area contributed by atoms with Gasteiger partial charge in [-0.25, -0.2) is 9.38 Å². The number of carbonyl (C=O) groups excluding carboxylic acids is 1. The molecule has 1 aromatic carbocycles. The lowest BCUT2D eigenvalue weighted by molar-refractivity contribution is -0.127. The van der Waals surface area contributed by atoms with E-state index in [2.05, 4.69) is 25.0 Å². The predicted octanol–water partition coefficient (Wildman–Crippen LogP) is 1.32. The molecule has 32 heavy (non-hydrogen) atoms. The number of carbonyl (C=O) groups is 1. The molecule has 0 unspecified atom stereocenters. The minimum atomic E-state index is -0.219. The number of nitrogens with one attached hydrogen (secondary N) is 1. The number of hydrogen-bond acceptors (Lipinski definition) is 5. The number of benzene rings is 1. The molecular formula is C22H36FIN6O2. The Labute approximate surface area is 207 Å². The van der Waals surface area contributed by atoms with Crippen LogP contribution in [0.15, 0.2) is 29.3 Å². The van der Waals surface area contributed by atoms with E-state index < -0.39 is 0 Å². The summed E-state index contributed by atoms with van der Waals surface area (Å²) < 4.78 is 18.6. The van der Waals surface area contributed by atoms with Crippen molar-refractivity contribution in [3.63, 3.8) is 0 Å². The molecule has 2 aliphatic rings.